The average molecular weight is 258 g/mol. The van der Waals surface area contributed by atoms with E-state index in [1.54, 1.807) is 14.0 Å². The van der Waals surface area contributed by atoms with Gasteiger partial charge in [-0.1, -0.05) is 6.92 Å². The molecule has 0 aromatic heterocycles. The summed E-state index contributed by atoms with van der Waals surface area (Å²) in [6, 6.07) is -0.170. The second-order valence-corrected chi connectivity index (χ2v) is 4.67. The Morgan fingerprint density at radius 2 is 2.17 bits per heavy atom. The summed E-state index contributed by atoms with van der Waals surface area (Å²) in [4.78, 5) is 22.4. The zero-order chi connectivity index (χ0) is 13.5. The fourth-order valence-electron chi connectivity index (χ4n) is 2.14. The standard InChI is InChI=1S/C12H22N2O4/c1-3-8(11(15)16)7-13-12(17)14-9-4-5-10(6-9)18-2/h8-10H,3-7H2,1-2H3,(H,15,16)(H2,13,14,17). The van der Waals surface area contributed by atoms with Gasteiger partial charge in [-0.05, 0) is 25.7 Å². The molecule has 0 aromatic carbocycles. The molecule has 1 aliphatic rings. The van der Waals surface area contributed by atoms with Crippen LogP contribution in [0.1, 0.15) is 32.6 Å². The number of carboxylic acid groups (broad SMARTS) is 1. The molecule has 1 fully saturated rings. The quantitative estimate of drug-likeness (QED) is 0.662. The second-order valence-electron chi connectivity index (χ2n) is 4.67. The van der Waals surface area contributed by atoms with Crippen LogP contribution in [0.4, 0.5) is 4.79 Å². The number of nitrogens with one attached hydrogen (secondary N) is 2. The van der Waals surface area contributed by atoms with E-state index in [4.69, 9.17) is 9.84 Å². The first-order chi connectivity index (χ1) is 8.56. The van der Waals surface area contributed by atoms with Crippen molar-refractivity contribution in [3.05, 3.63) is 0 Å². The maximum atomic E-state index is 11.6. The first-order valence-electron chi connectivity index (χ1n) is 6.36. The first kappa shape index (κ1) is 14.8. The molecule has 3 unspecified atom stereocenters. The summed E-state index contributed by atoms with van der Waals surface area (Å²) in [5.74, 6) is -1.40. The largest absolute Gasteiger partial charge is 0.481 e. The number of ether oxygens (including phenoxy) is 1. The highest BCUT2D eigenvalue weighted by atomic mass is 16.5. The molecule has 1 saturated carbocycles. The van der Waals surface area contributed by atoms with Crippen molar-refractivity contribution in [3.8, 4) is 0 Å². The molecule has 0 saturated heterocycles. The summed E-state index contributed by atoms with van der Waals surface area (Å²) in [6.07, 6.45) is 3.40. The third kappa shape index (κ3) is 4.52. The van der Waals surface area contributed by atoms with Crippen LogP contribution in [0.25, 0.3) is 0 Å². The molecule has 3 atom stereocenters. The third-order valence-electron chi connectivity index (χ3n) is 3.40. The Hall–Kier alpha value is -1.30. The molecule has 0 spiro atoms. The molecule has 3 N–H and O–H groups in total. The van der Waals surface area contributed by atoms with Crippen molar-refractivity contribution in [1.82, 2.24) is 10.6 Å². The molecule has 104 valence electrons. The Morgan fingerprint density at radius 3 is 2.67 bits per heavy atom. The van der Waals surface area contributed by atoms with Gasteiger partial charge in [-0.2, -0.15) is 0 Å². The average Bonchev–Trinajstić information content (AvgIpc) is 2.77. The van der Waals surface area contributed by atoms with Gasteiger partial charge in [0, 0.05) is 19.7 Å². The molecule has 0 bridgehead atoms. The van der Waals surface area contributed by atoms with E-state index in [2.05, 4.69) is 10.6 Å². The molecule has 1 rings (SSSR count). The van der Waals surface area contributed by atoms with Gasteiger partial charge in [-0.25, -0.2) is 4.79 Å². The Kier molecular flexibility index (Phi) is 5.91. The number of urea groups is 1. The fraction of sp³-hybridized carbons (Fsp3) is 0.833. The zero-order valence-electron chi connectivity index (χ0n) is 10.9. The van der Waals surface area contributed by atoms with Crippen LogP contribution in [0.15, 0.2) is 0 Å². The van der Waals surface area contributed by atoms with Crippen molar-refractivity contribution in [3.63, 3.8) is 0 Å². The molecule has 6 nitrogen and oxygen atoms in total. The van der Waals surface area contributed by atoms with Crippen molar-refractivity contribution in [2.24, 2.45) is 5.92 Å². The molecule has 2 amide bonds. The van der Waals surface area contributed by atoms with E-state index in [9.17, 15) is 9.59 Å². The number of carboxylic acids is 1. The highest BCUT2D eigenvalue weighted by molar-refractivity contribution is 5.76. The summed E-state index contributed by atoms with van der Waals surface area (Å²) >= 11 is 0. The van der Waals surface area contributed by atoms with Crippen LogP contribution >= 0.6 is 0 Å². The summed E-state index contributed by atoms with van der Waals surface area (Å²) in [5.41, 5.74) is 0. The van der Waals surface area contributed by atoms with Crippen LogP contribution in [0.3, 0.4) is 0 Å². The third-order valence-corrected chi connectivity index (χ3v) is 3.40. The van der Waals surface area contributed by atoms with E-state index in [1.807, 2.05) is 0 Å². The summed E-state index contributed by atoms with van der Waals surface area (Å²) < 4.78 is 5.22. The predicted octanol–water partition coefficient (Wildman–Crippen LogP) is 0.964. The van der Waals surface area contributed by atoms with Crippen molar-refractivity contribution in [2.45, 2.75) is 44.8 Å². The maximum Gasteiger partial charge on any atom is 0.315 e. The minimum Gasteiger partial charge on any atom is -0.481 e. The van der Waals surface area contributed by atoms with Crippen LogP contribution in [-0.2, 0) is 9.53 Å². The van der Waals surface area contributed by atoms with Gasteiger partial charge in [0.2, 0.25) is 0 Å². The number of methoxy groups -OCH3 is 1. The molecule has 0 aromatic rings. The number of hydrogen-bond acceptors (Lipinski definition) is 3. The van der Waals surface area contributed by atoms with Crippen LogP contribution < -0.4 is 10.6 Å². The van der Waals surface area contributed by atoms with Crippen LogP contribution in [0.2, 0.25) is 0 Å². The molecule has 18 heavy (non-hydrogen) atoms. The van der Waals surface area contributed by atoms with Gasteiger partial charge < -0.3 is 20.5 Å². The van der Waals surface area contributed by atoms with E-state index >= 15 is 0 Å². The van der Waals surface area contributed by atoms with Crippen LogP contribution in [-0.4, -0.2) is 42.9 Å². The van der Waals surface area contributed by atoms with Crippen LogP contribution in [0, 0.1) is 5.92 Å². The van der Waals surface area contributed by atoms with E-state index < -0.39 is 11.9 Å². The van der Waals surface area contributed by atoms with Gasteiger partial charge in [-0.3, -0.25) is 4.79 Å². The lowest BCUT2D eigenvalue weighted by Crippen LogP contribution is -2.43. The Morgan fingerprint density at radius 1 is 1.44 bits per heavy atom. The molecule has 0 radical (unpaired) electrons. The molecular weight excluding hydrogens is 236 g/mol. The van der Waals surface area contributed by atoms with Crippen molar-refractivity contribution >= 4 is 12.0 Å². The van der Waals surface area contributed by atoms with Gasteiger partial charge >= 0.3 is 12.0 Å². The van der Waals surface area contributed by atoms with E-state index in [0.717, 1.165) is 19.3 Å². The number of rotatable bonds is 6. The van der Waals surface area contributed by atoms with Gasteiger partial charge in [0.15, 0.2) is 0 Å². The van der Waals surface area contributed by atoms with Gasteiger partial charge in [0.05, 0.1) is 12.0 Å². The molecule has 6 heteroatoms. The SMILES string of the molecule is CCC(CNC(=O)NC1CCC(OC)C1)C(=O)O. The predicted molar refractivity (Wildman–Crippen MR) is 66.4 cm³/mol. The maximum absolute atomic E-state index is 11.6. The van der Waals surface area contributed by atoms with Crippen molar-refractivity contribution in [2.75, 3.05) is 13.7 Å². The van der Waals surface area contributed by atoms with Gasteiger partial charge in [-0.15, -0.1) is 0 Å². The van der Waals surface area contributed by atoms with E-state index in [-0.39, 0.29) is 24.7 Å². The summed E-state index contributed by atoms with van der Waals surface area (Å²) in [6.45, 7) is 1.95. The topological polar surface area (TPSA) is 87.7 Å². The first-order valence-corrected chi connectivity index (χ1v) is 6.36. The lowest BCUT2D eigenvalue weighted by molar-refractivity contribution is -0.141. The van der Waals surface area contributed by atoms with E-state index in [0.29, 0.717) is 6.42 Å². The van der Waals surface area contributed by atoms with Gasteiger partial charge in [0.25, 0.3) is 0 Å². The van der Waals surface area contributed by atoms with Crippen molar-refractivity contribution in [1.29, 1.82) is 0 Å². The minimum absolute atomic E-state index is 0.125. The lowest BCUT2D eigenvalue weighted by Gasteiger charge is -2.15. The zero-order valence-corrected chi connectivity index (χ0v) is 10.9. The molecule has 0 heterocycles. The number of carbonyl (C=O) groups excluding carboxylic acids is 1. The number of carbonyl (C=O) groups is 2. The minimum atomic E-state index is -0.877. The summed E-state index contributed by atoms with van der Waals surface area (Å²) in [5, 5.41) is 14.3. The highest BCUT2D eigenvalue weighted by Gasteiger charge is 2.25. The Balaban J connectivity index is 2.23. The monoisotopic (exact) mass is 258 g/mol. The fourth-order valence-corrected chi connectivity index (χ4v) is 2.14. The van der Waals surface area contributed by atoms with E-state index in [1.165, 1.54) is 0 Å². The molecule has 1 aliphatic carbocycles. The number of hydrogen-bond donors (Lipinski definition) is 3. The van der Waals surface area contributed by atoms with Gasteiger partial charge in [0.1, 0.15) is 0 Å². The summed E-state index contributed by atoms with van der Waals surface area (Å²) in [7, 11) is 1.67. The van der Waals surface area contributed by atoms with Crippen molar-refractivity contribution < 1.29 is 19.4 Å². The number of aliphatic carboxylic acids is 1. The highest BCUT2D eigenvalue weighted by Crippen LogP contribution is 2.21. The lowest BCUT2D eigenvalue weighted by atomic mass is 10.1. The Bertz CT molecular complexity index is 296. The Labute approximate surface area is 107 Å². The molecular formula is C12H22N2O4. The number of amides is 2. The normalized spacial score (nSPS) is 24.6. The molecule has 0 aliphatic heterocycles. The second kappa shape index (κ2) is 7.20. The van der Waals surface area contributed by atoms with Crippen LogP contribution in [0.5, 0.6) is 0 Å². The smallest absolute Gasteiger partial charge is 0.315 e.